The summed E-state index contributed by atoms with van der Waals surface area (Å²) in [6.07, 6.45) is 4.62. The number of benzene rings is 2. The van der Waals surface area contributed by atoms with Crippen molar-refractivity contribution in [2.75, 3.05) is 11.9 Å². The van der Waals surface area contributed by atoms with E-state index >= 15 is 0 Å². The quantitative estimate of drug-likeness (QED) is 0.226. The molecule has 0 unspecified atom stereocenters. The molecule has 1 aliphatic rings. The Morgan fingerprint density at radius 1 is 1.03 bits per heavy atom. The summed E-state index contributed by atoms with van der Waals surface area (Å²) in [5, 5.41) is 2.84. The van der Waals surface area contributed by atoms with Gasteiger partial charge in [0.25, 0.3) is 5.91 Å². The molecule has 0 radical (unpaired) electrons. The molecular formula is C25H26N2O3S2. The van der Waals surface area contributed by atoms with Crippen LogP contribution in [-0.4, -0.2) is 33.4 Å². The first-order valence-electron chi connectivity index (χ1n) is 10.6. The molecule has 7 heteroatoms. The van der Waals surface area contributed by atoms with Gasteiger partial charge in [-0.05, 0) is 62.6 Å². The monoisotopic (exact) mass is 466 g/mol. The molecule has 1 N–H and O–H groups in total. The average Bonchev–Trinajstić information content (AvgIpc) is 3.02. The summed E-state index contributed by atoms with van der Waals surface area (Å²) in [5.74, 6) is -0.116. The summed E-state index contributed by atoms with van der Waals surface area (Å²) in [6.45, 7) is 4.10. The van der Waals surface area contributed by atoms with Gasteiger partial charge in [-0.15, -0.1) is 0 Å². The van der Waals surface area contributed by atoms with Crippen LogP contribution in [0.5, 0.6) is 0 Å². The molecule has 3 rings (SSSR count). The van der Waals surface area contributed by atoms with E-state index in [2.05, 4.69) is 5.32 Å². The van der Waals surface area contributed by atoms with Crippen LogP contribution in [-0.2, 0) is 9.59 Å². The highest BCUT2D eigenvalue weighted by Crippen LogP contribution is 2.32. The Labute approximate surface area is 198 Å². The zero-order chi connectivity index (χ0) is 23.1. The van der Waals surface area contributed by atoms with Crippen molar-refractivity contribution >= 4 is 57.7 Å². The van der Waals surface area contributed by atoms with E-state index in [0.29, 0.717) is 33.4 Å². The number of amides is 2. The van der Waals surface area contributed by atoms with Gasteiger partial charge in [-0.25, -0.2) is 0 Å². The summed E-state index contributed by atoms with van der Waals surface area (Å²) in [4.78, 5) is 38.4. The van der Waals surface area contributed by atoms with E-state index in [4.69, 9.17) is 12.2 Å². The van der Waals surface area contributed by atoms with E-state index in [9.17, 15) is 14.4 Å². The van der Waals surface area contributed by atoms with Gasteiger partial charge in [0.1, 0.15) is 4.32 Å². The maximum atomic E-state index is 12.7. The number of unbranched alkanes of at least 4 members (excludes halogenated alkanes) is 2. The van der Waals surface area contributed by atoms with Crippen molar-refractivity contribution in [2.24, 2.45) is 0 Å². The van der Waals surface area contributed by atoms with Gasteiger partial charge < -0.3 is 5.32 Å². The van der Waals surface area contributed by atoms with Crippen LogP contribution < -0.4 is 5.32 Å². The van der Waals surface area contributed by atoms with Crippen molar-refractivity contribution in [3.63, 3.8) is 0 Å². The van der Waals surface area contributed by atoms with Crippen molar-refractivity contribution in [1.82, 2.24) is 4.90 Å². The summed E-state index contributed by atoms with van der Waals surface area (Å²) < 4.78 is 0.583. The lowest BCUT2D eigenvalue weighted by molar-refractivity contribution is -0.122. The molecule has 0 saturated carbocycles. The van der Waals surface area contributed by atoms with Crippen LogP contribution in [0.3, 0.4) is 0 Å². The first-order chi connectivity index (χ1) is 15.3. The molecule has 0 aliphatic carbocycles. The largest absolute Gasteiger partial charge is 0.326 e. The molecule has 0 bridgehead atoms. The number of carbonyl (C=O) groups is 3. The predicted molar refractivity (Wildman–Crippen MR) is 135 cm³/mol. The maximum absolute atomic E-state index is 12.7. The zero-order valence-electron chi connectivity index (χ0n) is 18.2. The van der Waals surface area contributed by atoms with Crippen LogP contribution >= 0.6 is 24.0 Å². The number of ketones is 1. The third-order valence-electron chi connectivity index (χ3n) is 5.11. The van der Waals surface area contributed by atoms with Crippen molar-refractivity contribution in [3.05, 3.63) is 70.1 Å². The predicted octanol–water partition coefficient (Wildman–Crippen LogP) is 5.60. The van der Waals surface area contributed by atoms with Gasteiger partial charge >= 0.3 is 0 Å². The highest BCUT2D eigenvalue weighted by Gasteiger charge is 2.31. The minimum absolute atomic E-state index is 0.00463. The number of anilines is 1. The Kier molecular flexibility index (Phi) is 8.36. The van der Waals surface area contributed by atoms with Gasteiger partial charge in [0.15, 0.2) is 5.78 Å². The van der Waals surface area contributed by atoms with Crippen LogP contribution in [0.1, 0.15) is 54.1 Å². The third-order valence-corrected chi connectivity index (χ3v) is 6.49. The molecule has 1 aliphatic heterocycles. The Morgan fingerprint density at radius 2 is 1.72 bits per heavy atom. The molecule has 0 aromatic heterocycles. The lowest BCUT2D eigenvalue weighted by Gasteiger charge is -2.14. The average molecular weight is 467 g/mol. The molecule has 2 aromatic rings. The Hall–Kier alpha value is -2.77. The van der Waals surface area contributed by atoms with Crippen LogP contribution in [0, 0.1) is 6.92 Å². The number of thioether (sulfide) groups is 1. The number of nitrogens with one attached hydrogen (secondary N) is 1. The Bertz CT molecular complexity index is 1040. The van der Waals surface area contributed by atoms with Crippen molar-refractivity contribution < 1.29 is 14.4 Å². The van der Waals surface area contributed by atoms with Crippen molar-refractivity contribution in [2.45, 2.75) is 39.5 Å². The maximum Gasteiger partial charge on any atom is 0.266 e. The van der Waals surface area contributed by atoms with E-state index < -0.39 is 0 Å². The minimum atomic E-state index is -0.0628. The number of Topliss-reactive ketones (excluding diaryl/α,β-unsaturated/α-hetero) is 1. The second-order valence-corrected chi connectivity index (χ2v) is 9.41. The van der Waals surface area contributed by atoms with Crippen LogP contribution in [0.15, 0.2) is 53.4 Å². The fourth-order valence-corrected chi connectivity index (χ4v) is 4.56. The lowest BCUT2D eigenvalue weighted by atomic mass is 10.1. The highest BCUT2D eigenvalue weighted by molar-refractivity contribution is 8.26. The zero-order valence-corrected chi connectivity index (χ0v) is 19.9. The van der Waals surface area contributed by atoms with Gasteiger partial charge in [0.2, 0.25) is 5.91 Å². The van der Waals surface area contributed by atoms with E-state index in [1.165, 1.54) is 24.2 Å². The fraction of sp³-hybridized carbons (Fsp3) is 0.280. The van der Waals surface area contributed by atoms with Crippen LogP contribution in [0.4, 0.5) is 5.69 Å². The molecule has 166 valence electrons. The molecule has 2 aromatic carbocycles. The van der Waals surface area contributed by atoms with Gasteiger partial charge in [0.05, 0.1) is 4.91 Å². The molecule has 1 heterocycles. The molecule has 0 spiro atoms. The second kappa shape index (κ2) is 11.2. The van der Waals surface area contributed by atoms with Gasteiger partial charge in [0, 0.05) is 24.2 Å². The number of thiocarbonyl (C=S) groups is 1. The standard InChI is InChI=1S/C25H26N2O3S2/c1-17-7-9-19(10-8-17)16-22-24(30)27(25(31)32-22)15-5-3-4-6-23(29)26-21-13-11-20(12-14-21)18(2)28/h7-14,16H,3-6,15H2,1-2H3,(H,26,29)/b22-16-. The molecule has 5 nitrogen and oxygen atoms in total. The molecule has 2 amide bonds. The van der Waals surface area contributed by atoms with Crippen molar-refractivity contribution in [1.29, 1.82) is 0 Å². The number of rotatable bonds is 9. The van der Waals surface area contributed by atoms with Crippen LogP contribution in [0.2, 0.25) is 0 Å². The molecule has 0 atom stereocenters. The number of hydrogen-bond acceptors (Lipinski definition) is 5. The minimum Gasteiger partial charge on any atom is -0.326 e. The van der Waals surface area contributed by atoms with E-state index in [0.717, 1.165) is 24.8 Å². The van der Waals surface area contributed by atoms with E-state index in [-0.39, 0.29) is 17.6 Å². The summed E-state index contributed by atoms with van der Waals surface area (Å²) in [7, 11) is 0. The smallest absolute Gasteiger partial charge is 0.266 e. The third kappa shape index (κ3) is 6.61. The summed E-state index contributed by atoms with van der Waals surface area (Å²) >= 11 is 6.73. The van der Waals surface area contributed by atoms with Gasteiger partial charge in [-0.1, -0.05) is 60.2 Å². The fourth-order valence-electron chi connectivity index (χ4n) is 3.25. The van der Waals surface area contributed by atoms with Crippen molar-refractivity contribution in [3.8, 4) is 0 Å². The Balaban J connectivity index is 1.40. The topological polar surface area (TPSA) is 66.5 Å². The van der Waals surface area contributed by atoms with E-state index in [1.54, 1.807) is 29.2 Å². The number of hydrogen-bond donors (Lipinski definition) is 1. The molecule has 1 fully saturated rings. The first-order valence-corrected chi connectivity index (χ1v) is 11.8. The molecule has 1 saturated heterocycles. The number of carbonyl (C=O) groups excluding carboxylic acids is 3. The Morgan fingerprint density at radius 3 is 2.38 bits per heavy atom. The normalized spacial score (nSPS) is 14.8. The number of aryl methyl sites for hydroxylation is 1. The summed E-state index contributed by atoms with van der Waals surface area (Å²) in [5.41, 5.74) is 3.46. The van der Waals surface area contributed by atoms with Crippen LogP contribution in [0.25, 0.3) is 6.08 Å². The molecular weight excluding hydrogens is 440 g/mol. The SMILES string of the molecule is CC(=O)c1ccc(NC(=O)CCCCCN2C(=O)/C(=C/c3ccc(C)cc3)SC2=S)cc1. The van der Waals surface area contributed by atoms with Gasteiger partial charge in [-0.3, -0.25) is 19.3 Å². The van der Waals surface area contributed by atoms with Gasteiger partial charge in [-0.2, -0.15) is 0 Å². The number of nitrogens with zero attached hydrogens (tertiary/aromatic N) is 1. The second-order valence-electron chi connectivity index (χ2n) is 7.74. The first kappa shape index (κ1) is 23.9. The van der Waals surface area contributed by atoms with E-state index in [1.807, 2.05) is 37.3 Å². The molecule has 32 heavy (non-hydrogen) atoms. The highest BCUT2D eigenvalue weighted by atomic mass is 32.2. The lowest BCUT2D eigenvalue weighted by Crippen LogP contribution is -2.29. The summed E-state index contributed by atoms with van der Waals surface area (Å²) in [6, 6.07) is 14.9.